The van der Waals surface area contributed by atoms with Crippen molar-refractivity contribution in [3.05, 3.63) is 48.5 Å². The van der Waals surface area contributed by atoms with Crippen LogP contribution in [0.3, 0.4) is 0 Å². The molecule has 10 nitrogen and oxygen atoms in total. The number of hydrogen-bond acceptors (Lipinski definition) is 7. The summed E-state index contributed by atoms with van der Waals surface area (Å²) in [5.74, 6) is 0.877. The van der Waals surface area contributed by atoms with Crippen LogP contribution in [0.4, 0.5) is 5.82 Å². The first-order valence-corrected chi connectivity index (χ1v) is 12.9. The van der Waals surface area contributed by atoms with Crippen molar-refractivity contribution in [3.63, 3.8) is 0 Å². The predicted octanol–water partition coefficient (Wildman–Crippen LogP) is 1.47. The van der Waals surface area contributed by atoms with Gasteiger partial charge in [-0.25, -0.2) is 9.97 Å². The number of aromatic amines is 1. The van der Waals surface area contributed by atoms with Crippen LogP contribution >= 0.6 is 0 Å². The van der Waals surface area contributed by atoms with Gasteiger partial charge in [0.1, 0.15) is 5.49 Å². The quantitative estimate of drug-likeness (QED) is 0.418. The van der Waals surface area contributed by atoms with Gasteiger partial charge in [0.05, 0.1) is 24.6 Å². The smallest absolute Gasteiger partial charge is 0.225 e. The van der Waals surface area contributed by atoms with Crippen molar-refractivity contribution in [1.29, 1.82) is 0 Å². The van der Waals surface area contributed by atoms with Crippen molar-refractivity contribution in [2.24, 2.45) is 0 Å². The highest BCUT2D eigenvalue weighted by Crippen LogP contribution is 2.30. The number of nitrogens with zero attached hydrogens (tertiary/aromatic N) is 6. The molecule has 5 heterocycles. The largest absolute Gasteiger partial charge is 0.378 e. The summed E-state index contributed by atoms with van der Waals surface area (Å²) in [6.07, 6.45) is 6.11. The van der Waals surface area contributed by atoms with Crippen molar-refractivity contribution in [3.8, 4) is 11.3 Å². The summed E-state index contributed by atoms with van der Waals surface area (Å²) in [4.78, 5) is 19.8. The second kappa shape index (κ2) is 9.42. The van der Waals surface area contributed by atoms with E-state index in [2.05, 4.69) is 49.8 Å². The van der Waals surface area contributed by atoms with Crippen LogP contribution in [0.15, 0.2) is 42.9 Å². The highest BCUT2D eigenvalue weighted by atomic mass is 32.2. The van der Waals surface area contributed by atoms with Crippen molar-refractivity contribution in [2.45, 2.75) is 6.54 Å². The third-order valence-corrected chi connectivity index (χ3v) is 7.15. The van der Waals surface area contributed by atoms with Crippen LogP contribution in [0, 0.1) is 0 Å². The third-order valence-electron chi connectivity index (χ3n) is 6.68. The van der Waals surface area contributed by atoms with Crippen LogP contribution in [-0.4, -0.2) is 95.5 Å². The Kier molecular flexibility index (Phi) is 5.98. The van der Waals surface area contributed by atoms with E-state index in [0.29, 0.717) is 32.8 Å². The lowest BCUT2D eigenvalue weighted by molar-refractivity contribution is 0.122. The van der Waals surface area contributed by atoms with Gasteiger partial charge in [-0.2, -0.15) is 8.42 Å². The van der Waals surface area contributed by atoms with Crippen molar-refractivity contribution >= 4 is 38.2 Å². The van der Waals surface area contributed by atoms with Gasteiger partial charge in [-0.1, -0.05) is 12.1 Å². The molecule has 0 bridgehead atoms. The number of H-pyrrole nitrogens is 1. The SMILES string of the molecule is O=S(=O)=CN1CCN(Cc2cn3cc(-c4cccc5[nH]ccc45)nc(N4CCOCC4)c3n2)CC1. The Hall–Kier alpha value is -3.25. The summed E-state index contributed by atoms with van der Waals surface area (Å²) in [5.41, 5.74) is 6.17. The number of fused-ring (bicyclic) bond motifs is 2. The highest BCUT2D eigenvalue weighted by Gasteiger charge is 2.22. The summed E-state index contributed by atoms with van der Waals surface area (Å²) >= 11 is 0. The predicted molar refractivity (Wildman–Crippen MR) is 135 cm³/mol. The fourth-order valence-electron chi connectivity index (χ4n) is 4.91. The van der Waals surface area contributed by atoms with E-state index in [-0.39, 0.29) is 0 Å². The minimum absolute atomic E-state index is 0.675. The normalized spacial score (nSPS) is 17.9. The van der Waals surface area contributed by atoms with Gasteiger partial charge in [-0.15, -0.1) is 0 Å². The molecule has 11 heteroatoms. The van der Waals surface area contributed by atoms with Crippen LogP contribution in [0.25, 0.3) is 27.8 Å². The van der Waals surface area contributed by atoms with Crippen molar-refractivity contribution < 1.29 is 13.2 Å². The Morgan fingerprint density at radius 1 is 1.00 bits per heavy atom. The Bertz CT molecular complexity index is 1490. The molecule has 6 rings (SSSR count). The Morgan fingerprint density at radius 2 is 1.83 bits per heavy atom. The zero-order valence-electron chi connectivity index (χ0n) is 19.3. The molecule has 4 aromatic rings. The number of benzene rings is 1. The maximum Gasteiger partial charge on any atom is 0.225 e. The second-order valence-electron chi connectivity index (χ2n) is 8.93. The molecule has 3 aromatic heterocycles. The number of anilines is 1. The average Bonchev–Trinajstić information content (AvgIpc) is 3.51. The van der Waals surface area contributed by atoms with E-state index >= 15 is 0 Å². The Morgan fingerprint density at radius 3 is 2.63 bits per heavy atom. The summed E-state index contributed by atoms with van der Waals surface area (Å²) < 4.78 is 29.6. The van der Waals surface area contributed by atoms with E-state index in [1.54, 1.807) is 0 Å². The highest BCUT2D eigenvalue weighted by molar-refractivity contribution is 7.71. The van der Waals surface area contributed by atoms with Gasteiger partial charge in [0.15, 0.2) is 11.5 Å². The van der Waals surface area contributed by atoms with Gasteiger partial charge in [0, 0.05) is 80.9 Å². The molecule has 0 atom stereocenters. The number of piperazine rings is 1. The van der Waals surface area contributed by atoms with Gasteiger partial charge in [-0.3, -0.25) is 9.80 Å². The Labute approximate surface area is 204 Å². The maximum absolute atomic E-state index is 10.9. The van der Waals surface area contributed by atoms with Crippen LogP contribution in [0.5, 0.6) is 0 Å². The third kappa shape index (κ3) is 4.55. The lowest BCUT2D eigenvalue weighted by Crippen LogP contribution is -2.45. The molecule has 2 saturated heterocycles. The van der Waals surface area contributed by atoms with Gasteiger partial charge >= 0.3 is 0 Å². The Balaban J connectivity index is 1.35. The number of imidazole rings is 1. The molecule has 2 fully saturated rings. The van der Waals surface area contributed by atoms with Crippen LogP contribution in [0.2, 0.25) is 0 Å². The number of hydrogen-bond donors (Lipinski definition) is 1. The first-order valence-electron chi connectivity index (χ1n) is 11.8. The molecule has 0 aliphatic carbocycles. The molecule has 1 N–H and O–H groups in total. The molecule has 1 aromatic carbocycles. The summed E-state index contributed by atoms with van der Waals surface area (Å²) in [6, 6.07) is 8.32. The fourth-order valence-corrected chi connectivity index (χ4v) is 5.37. The van der Waals surface area contributed by atoms with Gasteiger partial charge in [0.25, 0.3) is 0 Å². The maximum atomic E-state index is 10.9. The molecule has 0 amide bonds. The summed E-state index contributed by atoms with van der Waals surface area (Å²) in [5, 5.41) is 1.14. The lowest BCUT2D eigenvalue weighted by Gasteiger charge is -2.31. The molecule has 0 radical (unpaired) electrons. The van der Waals surface area contributed by atoms with E-state index < -0.39 is 10.3 Å². The lowest BCUT2D eigenvalue weighted by atomic mass is 10.1. The molecule has 35 heavy (non-hydrogen) atoms. The van der Waals surface area contributed by atoms with Crippen LogP contribution < -0.4 is 4.90 Å². The standard InChI is InChI=1S/C24H27N7O3S/c32-35(33)17-29-8-6-28(7-9-29)14-18-15-31-16-22(19-2-1-3-21-20(19)4-5-25-21)27-24(23(31)26-18)30-10-12-34-13-11-30/h1-5,15-17,25H,6-14H2. The molecule has 0 spiro atoms. The molecular formula is C24H27N7O3S. The summed E-state index contributed by atoms with van der Waals surface area (Å²) in [6.45, 7) is 6.57. The molecule has 0 saturated carbocycles. The van der Waals surface area contributed by atoms with E-state index in [0.717, 1.165) is 65.5 Å². The van der Waals surface area contributed by atoms with Gasteiger partial charge in [0.2, 0.25) is 10.3 Å². The first-order chi connectivity index (χ1) is 17.1. The number of morpholine rings is 1. The number of rotatable bonds is 5. The zero-order valence-corrected chi connectivity index (χ0v) is 20.1. The van der Waals surface area contributed by atoms with E-state index in [1.807, 2.05) is 17.2 Å². The van der Waals surface area contributed by atoms with Gasteiger partial charge in [-0.05, 0) is 12.1 Å². The van der Waals surface area contributed by atoms with E-state index in [9.17, 15) is 8.42 Å². The van der Waals surface area contributed by atoms with Gasteiger partial charge < -0.3 is 19.0 Å². The number of nitrogens with one attached hydrogen (secondary N) is 1. The van der Waals surface area contributed by atoms with Crippen molar-refractivity contribution in [1.82, 2.24) is 29.2 Å². The van der Waals surface area contributed by atoms with E-state index in [1.165, 1.54) is 5.49 Å². The van der Waals surface area contributed by atoms with Crippen molar-refractivity contribution in [2.75, 3.05) is 57.4 Å². The molecule has 182 valence electrons. The minimum Gasteiger partial charge on any atom is -0.378 e. The molecular weight excluding hydrogens is 466 g/mol. The van der Waals surface area contributed by atoms with E-state index in [4.69, 9.17) is 14.7 Å². The second-order valence-corrected chi connectivity index (χ2v) is 9.67. The molecule has 2 aliphatic heterocycles. The minimum atomic E-state index is -2.16. The monoisotopic (exact) mass is 493 g/mol. The zero-order chi connectivity index (χ0) is 23.8. The van der Waals surface area contributed by atoms with Crippen LogP contribution in [-0.2, 0) is 21.6 Å². The topological polar surface area (TPSA) is 99.1 Å². The number of aromatic nitrogens is 4. The average molecular weight is 494 g/mol. The van der Waals surface area contributed by atoms with Crippen LogP contribution in [0.1, 0.15) is 5.69 Å². The molecule has 0 unspecified atom stereocenters. The molecule has 2 aliphatic rings. The fraction of sp³-hybridized carbons (Fsp3) is 0.375. The number of ether oxygens (including phenoxy) is 1. The first kappa shape index (κ1) is 22.2. The summed E-state index contributed by atoms with van der Waals surface area (Å²) in [7, 11) is -2.16.